The summed E-state index contributed by atoms with van der Waals surface area (Å²) < 4.78 is 0. The maximum atomic E-state index is 11.2. The topological polar surface area (TPSA) is 83.8 Å². The molecule has 88 valence electrons. The molecule has 1 aromatic rings. The summed E-state index contributed by atoms with van der Waals surface area (Å²) in [5.74, 6) is 0.998. The Morgan fingerprint density at radius 3 is 3.12 bits per heavy atom. The van der Waals surface area contributed by atoms with Gasteiger partial charge in [0.25, 0.3) is 5.56 Å². The number of nitrogens with one attached hydrogen (secondary N) is 2. The second-order valence-electron chi connectivity index (χ2n) is 4.21. The molecule has 16 heavy (non-hydrogen) atoms. The van der Waals surface area contributed by atoms with Crippen LogP contribution >= 0.6 is 11.6 Å². The predicted octanol–water partition coefficient (Wildman–Crippen LogP) is 0.963. The maximum Gasteiger partial charge on any atom is 0.271 e. The monoisotopic (exact) mass is 242 g/mol. The van der Waals surface area contributed by atoms with Crippen LogP contribution in [0.3, 0.4) is 0 Å². The van der Waals surface area contributed by atoms with Gasteiger partial charge in [-0.3, -0.25) is 4.79 Å². The lowest BCUT2D eigenvalue weighted by Gasteiger charge is -2.11. The quantitative estimate of drug-likeness (QED) is 0.737. The molecule has 2 unspecified atom stereocenters. The Kier molecular flexibility index (Phi) is 3.46. The third-order valence-electron chi connectivity index (χ3n) is 2.94. The van der Waals surface area contributed by atoms with Gasteiger partial charge in [0.15, 0.2) is 5.82 Å². The molecule has 1 aliphatic rings. The van der Waals surface area contributed by atoms with Crippen LogP contribution in [0.1, 0.15) is 19.3 Å². The highest BCUT2D eigenvalue weighted by Crippen LogP contribution is 2.24. The highest BCUT2D eigenvalue weighted by molar-refractivity contribution is 6.32. The van der Waals surface area contributed by atoms with E-state index < -0.39 is 0 Å². The van der Waals surface area contributed by atoms with Crippen LogP contribution < -0.4 is 16.6 Å². The summed E-state index contributed by atoms with van der Waals surface area (Å²) in [5.41, 5.74) is 5.51. The Balaban J connectivity index is 1.95. The maximum absolute atomic E-state index is 11.2. The molecule has 4 N–H and O–H groups in total. The molecule has 0 amide bonds. The fourth-order valence-corrected chi connectivity index (χ4v) is 2.22. The van der Waals surface area contributed by atoms with Crippen LogP contribution in [0.15, 0.2) is 11.1 Å². The van der Waals surface area contributed by atoms with Crippen LogP contribution in [0.25, 0.3) is 0 Å². The van der Waals surface area contributed by atoms with Gasteiger partial charge in [0.2, 0.25) is 0 Å². The molecule has 1 saturated carbocycles. The molecule has 0 saturated heterocycles. The van der Waals surface area contributed by atoms with Crippen molar-refractivity contribution in [2.75, 3.05) is 11.9 Å². The molecule has 0 aromatic carbocycles. The SMILES string of the molecule is NC1CCC(CNc2nc[nH]c(=O)c2Cl)C1. The summed E-state index contributed by atoms with van der Waals surface area (Å²) in [6.07, 6.45) is 4.56. The minimum atomic E-state index is -0.317. The minimum absolute atomic E-state index is 0.116. The summed E-state index contributed by atoms with van der Waals surface area (Å²) in [4.78, 5) is 17.6. The van der Waals surface area contributed by atoms with E-state index in [0.29, 0.717) is 17.8 Å². The third kappa shape index (κ3) is 2.54. The molecule has 0 radical (unpaired) electrons. The number of nitrogens with two attached hydrogens (primary N) is 1. The second kappa shape index (κ2) is 4.84. The standard InChI is InChI=1S/C10H15ClN4O/c11-8-9(14-5-15-10(8)16)13-4-6-1-2-7(12)3-6/h5-7H,1-4,12H2,(H2,13,14,15,16). The zero-order chi connectivity index (χ0) is 11.5. The van der Waals surface area contributed by atoms with Gasteiger partial charge < -0.3 is 16.0 Å². The Morgan fingerprint density at radius 2 is 2.44 bits per heavy atom. The fraction of sp³-hybridized carbons (Fsp3) is 0.600. The lowest BCUT2D eigenvalue weighted by molar-refractivity contribution is 0.565. The molecule has 2 rings (SSSR count). The van der Waals surface area contributed by atoms with E-state index in [1.165, 1.54) is 6.33 Å². The molecular weight excluding hydrogens is 228 g/mol. The lowest BCUT2D eigenvalue weighted by atomic mass is 10.1. The minimum Gasteiger partial charge on any atom is -0.368 e. The van der Waals surface area contributed by atoms with Crippen molar-refractivity contribution in [3.63, 3.8) is 0 Å². The van der Waals surface area contributed by atoms with Crippen molar-refractivity contribution in [2.45, 2.75) is 25.3 Å². The van der Waals surface area contributed by atoms with Crippen LogP contribution in [-0.4, -0.2) is 22.6 Å². The number of nitrogens with zero attached hydrogens (tertiary/aromatic N) is 1. The third-order valence-corrected chi connectivity index (χ3v) is 3.29. The first kappa shape index (κ1) is 11.4. The fourth-order valence-electron chi connectivity index (χ4n) is 2.05. The van der Waals surface area contributed by atoms with Crippen molar-refractivity contribution in [3.8, 4) is 0 Å². The van der Waals surface area contributed by atoms with Crippen molar-refractivity contribution in [1.82, 2.24) is 9.97 Å². The molecule has 1 heterocycles. The van der Waals surface area contributed by atoms with Crippen LogP contribution in [0.5, 0.6) is 0 Å². The molecular formula is C10H15ClN4O. The van der Waals surface area contributed by atoms with Crippen molar-refractivity contribution < 1.29 is 0 Å². The Morgan fingerprint density at radius 1 is 1.62 bits per heavy atom. The van der Waals surface area contributed by atoms with E-state index in [0.717, 1.165) is 25.8 Å². The largest absolute Gasteiger partial charge is 0.368 e. The van der Waals surface area contributed by atoms with Gasteiger partial charge in [-0.2, -0.15) is 0 Å². The highest BCUT2D eigenvalue weighted by Gasteiger charge is 2.21. The summed E-state index contributed by atoms with van der Waals surface area (Å²) in [5, 5.41) is 3.21. The number of H-pyrrole nitrogens is 1. The van der Waals surface area contributed by atoms with E-state index >= 15 is 0 Å². The van der Waals surface area contributed by atoms with Gasteiger partial charge in [-0.15, -0.1) is 0 Å². The molecule has 0 spiro atoms. The normalized spacial score (nSPS) is 24.6. The van der Waals surface area contributed by atoms with Crippen LogP contribution in [0, 0.1) is 5.92 Å². The summed E-state index contributed by atoms with van der Waals surface area (Å²) in [6, 6.07) is 0.314. The Labute approximate surface area is 98.4 Å². The lowest BCUT2D eigenvalue weighted by Crippen LogP contribution is -2.19. The van der Waals surface area contributed by atoms with Gasteiger partial charge in [0, 0.05) is 12.6 Å². The summed E-state index contributed by atoms with van der Waals surface area (Å²) in [6.45, 7) is 0.768. The van der Waals surface area contributed by atoms with Gasteiger partial charge in [-0.1, -0.05) is 11.6 Å². The van der Waals surface area contributed by atoms with E-state index in [4.69, 9.17) is 17.3 Å². The summed E-state index contributed by atoms with van der Waals surface area (Å²) in [7, 11) is 0. The zero-order valence-corrected chi connectivity index (χ0v) is 9.63. The molecule has 0 aliphatic heterocycles. The molecule has 2 atom stereocenters. The smallest absolute Gasteiger partial charge is 0.271 e. The first-order valence-corrected chi connectivity index (χ1v) is 5.77. The first-order valence-electron chi connectivity index (χ1n) is 5.39. The van der Waals surface area contributed by atoms with Crippen LogP contribution in [0.4, 0.5) is 5.82 Å². The van der Waals surface area contributed by atoms with E-state index in [-0.39, 0.29) is 10.6 Å². The van der Waals surface area contributed by atoms with E-state index in [1.54, 1.807) is 0 Å². The number of hydrogen-bond donors (Lipinski definition) is 3. The van der Waals surface area contributed by atoms with Crippen LogP contribution in [0.2, 0.25) is 5.02 Å². The number of rotatable bonds is 3. The number of halogens is 1. The van der Waals surface area contributed by atoms with Crippen molar-refractivity contribution in [3.05, 3.63) is 21.7 Å². The molecule has 1 fully saturated rings. The van der Waals surface area contributed by atoms with Gasteiger partial charge in [0.1, 0.15) is 5.02 Å². The predicted molar refractivity (Wildman–Crippen MR) is 63.7 cm³/mol. The molecule has 1 aromatic heterocycles. The Hall–Kier alpha value is -1.07. The molecule has 1 aliphatic carbocycles. The number of hydrogen-bond acceptors (Lipinski definition) is 4. The Bertz CT molecular complexity index is 420. The van der Waals surface area contributed by atoms with Gasteiger partial charge >= 0.3 is 0 Å². The van der Waals surface area contributed by atoms with Gasteiger partial charge in [-0.05, 0) is 25.2 Å². The van der Waals surface area contributed by atoms with Crippen LogP contribution in [-0.2, 0) is 0 Å². The van der Waals surface area contributed by atoms with Gasteiger partial charge in [-0.25, -0.2) is 4.98 Å². The molecule has 5 nitrogen and oxygen atoms in total. The first-order chi connectivity index (χ1) is 7.66. The van der Waals surface area contributed by atoms with E-state index in [1.807, 2.05) is 0 Å². The number of aromatic nitrogens is 2. The van der Waals surface area contributed by atoms with Crippen molar-refractivity contribution in [2.24, 2.45) is 11.7 Å². The summed E-state index contributed by atoms with van der Waals surface area (Å²) >= 11 is 5.81. The molecule has 6 heteroatoms. The highest BCUT2D eigenvalue weighted by atomic mass is 35.5. The van der Waals surface area contributed by atoms with Crippen molar-refractivity contribution >= 4 is 17.4 Å². The second-order valence-corrected chi connectivity index (χ2v) is 4.59. The average Bonchev–Trinajstić information content (AvgIpc) is 2.67. The van der Waals surface area contributed by atoms with E-state index in [9.17, 15) is 4.79 Å². The number of aromatic amines is 1. The molecule has 0 bridgehead atoms. The van der Waals surface area contributed by atoms with E-state index in [2.05, 4.69) is 15.3 Å². The van der Waals surface area contributed by atoms with Gasteiger partial charge in [0.05, 0.1) is 6.33 Å². The van der Waals surface area contributed by atoms with Crippen molar-refractivity contribution in [1.29, 1.82) is 0 Å². The zero-order valence-electron chi connectivity index (χ0n) is 8.87. The average molecular weight is 243 g/mol. The number of anilines is 1.